The van der Waals surface area contributed by atoms with Crippen LogP contribution in [-0.2, 0) is 14.8 Å². The molecule has 118 valence electrons. The molecule has 0 saturated carbocycles. The van der Waals surface area contributed by atoms with E-state index in [1.54, 1.807) is 31.4 Å². The Hall–Kier alpha value is -1.64. The van der Waals surface area contributed by atoms with Crippen molar-refractivity contribution in [2.75, 3.05) is 38.3 Å². The molecule has 0 atom stereocenters. The normalized spacial score (nSPS) is 11.1. The highest BCUT2D eigenvalue weighted by molar-refractivity contribution is 7.88. The van der Waals surface area contributed by atoms with Gasteiger partial charge in [0.05, 0.1) is 19.9 Å². The summed E-state index contributed by atoms with van der Waals surface area (Å²) in [6, 6.07) is 7.09. The van der Waals surface area contributed by atoms with Gasteiger partial charge in [-0.1, -0.05) is 6.07 Å². The molecule has 8 heteroatoms. The first kappa shape index (κ1) is 17.4. The van der Waals surface area contributed by atoms with Gasteiger partial charge in [-0.25, -0.2) is 13.1 Å². The lowest BCUT2D eigenvalue weighted by molar-refractivity contribution is -0.115. The number of nitrogens with one attached hydrogen (secondary N) is 3. The number of carbonyl (C=O) groups is 1. The topological polar surface area (TPSA) is 96.5 Å². The monoisotopic (exact) mass is 315 g/mol. The van der Waals surface area contributed by atoms with E-state index >= 15 is 0 Å². The molecule has 1 aromatic carbocycles. The summed E-state index contributed by atoms with van der Waals surface area (Å²) in [6.07, 6.45) is 1.72. The Balaban J connectivity index is 2.19. The summed E-state index contributed by atoms with van der Waals surface area (Å²) in [5.74, 6) is 0.506. The molecule has 0 unspecified atom stereocenters. The maximum absolute atomic E-state index is 11.7. The van der Waals surface area contributed by atoms with E-state index in [0.717, 1.165) is 6.26 Å². The van der Waals surface area contributed by atoms with Gasteiger partial charge < -0.3 is 15.4 Å². The minimum Gasteiger partial charge on any atom is -0.497 e. The van der Waals surface area contributed by atoms with Crippen LogP contribution in [0.5, 0.6) is 5.75 Å². The van der Waals surface area contributed by atoms with Crippen molar-refractivity contribution >= 4 is 21.6 Å². The van der Waals surface area contributed by atoms with E-state index < -0.39 is 10.0 Å². The third-order valence-corrected chi connectivity index (χ3v) is 3.26. The molecule has 0 aliphatic heterocycles. The number of anilines is 1. The standard InChI is InChI=1S/C13H21N3O4S/c1-20-12-6-3-5-11(9-12)16-13(17)10-14-7-4-8-15-21(2,18)19/h3,5-6,9,14-15H,4,7-8,10H2,1-2H3,(H,16,17). The van der Waals surface area contributed by atoms with E-state index in [1.165, 1.54) is 0 Å². The first-order chi connectivity index (χ1) is 9.90. The van der Waals surface area contributed by atoms with Crippen molar-refractivity contribution in [2.45, 2.75) is 6.42 Å². The Labute approximate surface area is 125 Å². The molecule has 0 radical (unpaired) electrons. The fourth-order valence-corrected chi connectivity index (χ4v) is 2.09. The molecule has 1 rings (SSSR count). The molecule has 3 N–H and O–H groups in total. The minimum absolute atomic E-state index is 0.163. The quantitative estimate of drug-likeness (QED) is 0.564. The predicted octanol–water partition coefficient (Wildman–Crippen LogP) is 0.163. The van der Waals surface area contributed by atoms with Gasteiger partial charge in [-0.2, -0.15) is 0 Å². The van der Waals surface area contributed by atoms with Gasteiger partial charge in [0.2, 0.25) is 15.9 Å². The fraction of sp³-hybridized carbons (Fsp3) is 0.462. The maximum Gasteiger partial charge on any atom is 0.238 e. The van der Waals surface area contributed by atoms with Crippen LogP contribution in [0.3, 0.4) is 0 Å². The van der Waals surface area contributed by atoms with Crippen LogP contribution in [0, 0.1) is 0 Å². The molecular weight excluding hydrogens is 294 g/mol. The summed E-state index contributed by atoms with van der Waals surface area (Å²) < 4.78 is 29.1. The fourth-order valence-electron chi connectivity index (χ4n) is 1.58. The minimum atomic E-state index is -3.14. The lowest BCUT2D eigenvalue weighted by Crippen LogP contribution is -2.31. The van der Waals surface area contributed by atoms with Crippen LogP contribution in [0.4, 0.5) is 5.69 Å². The van der Waals surface area contributed by atoms with Gasteiger partial charge in [-0.3, -0.25) is 4.79 Å². The van der Waals surface area contributed by atoms with E-state index in [4.69, 9.17) is 4.74 Å². The summed E-state index contributed by atoms with van der Waals surface area (Å²) >= 11 is 0. The summed E-state index contributed by atoms with van der Waals surface area (Å²) in [4.78, 5) is 11.7. The lowest BCUT2D eigenvalue weighted by Gasteiger charge is -2.08. The second-order valence-electron chi connectivity index (χ2n) is 4.48. The Kier molecular flexibility index (Phi) is 7.13. The lowest BCUT2D eigenvalue weighted by atomic mass is 10.3. The second kappa shape index (κ2) is 8.60. The van der Waals surface area contributed by atoms with Gasteiger partial charge in [0.15, 0.2) is 0 Å². The molecule has 0 bridgehead atoms. The molecule has 0 heterocycles. The van der Waals surface area contributed by atoms with Crippen molar-refractivity contribution in [2.24, 2.45) is 0 Å². The second-order valence-corrected chi connectivity index (χ2v) is 6.31. The van der Waals surface area contributed by atoms with Crippen molar-refractivity contribution in [1.29, 1.82) is 0 Å². The smallest absolute Gasteiger partial charge is 0.238 e. The van der Waals surface area contributed by atoms with Crippen LogP contribution in [0.25, 0.3) is 0 Å². The maximum atomic E-state index is 11.7. The Morgan fingerprint density at radius 3 is 2.71 bits per heavy atom. The van der Waals surface area contributed by atoms with E-state index in [1.807, 2.05) is 0 Å². The van der Waals surface area contributed by atoms with Crippen molar-refractivity contribution in [3.8, 4) is 5.75 Å². The first-order valence-electron chi connectivity index (χ1n) is 6.50. The molecule has 0 fully saturated rings. The number of benzene rings is 1. The van der Waals surface area contributed by atoms with Crippen LogP contribution < -0.4 is 20.1 Å². The highest BCUT2D eigenvalue weighted by Crippen LogP contribution is 2.16. The number of hydrogen-bond donors (Lipinski definition) is 3. The average molecular weight is 315 g/mol. The number of carbonyl (C=O) groups excluding carboxylic acids is 1. The average Bonchev–Trinajstić information content (AvgIpc) is 2.41. The number of hydrogen-bond acceptors (Lipinski definition) is 5. The summed E-state index contributed by atoms with van der Waals surface area (Å²) in [5, 5.41) is 5.68. The number of sulfonamides is 1. The van der Waals surface area contributed by atoms with Crippen molar-refractivity contribution in [1.82, 2.24) is 10.0 Å². The molecule has 1 amide bonds. The van der Waals surface area contributed by atoms with Crippen LogP contribution in [0.2, 0.25) is 0 Å². The molecule has 0 aliphatic rings. The van der Waals surface area contributed by atoms with E-state index in [2.05, 4.69) is 15.4 Å². The molecule has 0 spiro atoms. The van der Waals surface area contributed by atoms with Gasteiger partial charge in [0.1, 0.15) is 5.75 Å². The summed E-state index contributed by atoms with van der Waals surface area (Å²) in [6.45, 7) is 1.06. The summed E-state index contributed by atoms with van der Waals surface area (Å²) in [7, 11) is -1.58. The third kappa shape index (κ3) is 8.28. The van der Waals surface area contributed by atoms with Crippen LogP contribution >= 0.6 is 0 Å². The largest absolute Gasteiger partial charge is 0.497 e. The molecule has 0 aromatic heterocycles. The Bertz CT molecular complexity index is 560. The molecule has 0 saturated heterocycles. The zero-order valence-corrected chi connectivity index (χ0v) is 13.0. The van der Waals surface area contributed by atoms with Crippen molar-refractivity contribution < 1.29 is 17.9 Å². The highest BCUT2D eigenvalue weighted by Gasteiger charge is 2.03. The molecule has 1 aromatic rings. The SMILES string of the molecule is COc1cccc(NC(=O)CNCCCNS(C)(=O)=O)c1. The number of methoxy groups -OCH3 is 1. The van der Waals surface area contributed by atoms with Crippen LogP contribution in [-0.4, -0.2) is 47.3 Å². The molecular formula is C13H21N3O4S. The van der Waals surface area contributed by atoms with Crippen molar-refractivity contribution in [3.05, 3.63) is 24.3 Å². The van der Waals surface area contributed by atoms with E-state index in [9.17, 15) is 13.2 Å². The molecule has 0 aliphatic carbocycles. The first-order valence-corrected chi connectivity index (χ1v) is 8.39. The predicted molar refractivity (Wildman–Crippen MR) is 82.0 cm³/mol. The number of ether oxygens (including phenoxy) is 1. The van der Waals surface area contributed by atoms with Gasteiger partial charge in [0, 0.05) is 18.3 Å². The van der Waals surface area contributed by atoms with Crippen LogP contribution in [0.15, 0.2) is 24.3 Å². The zero-order valence-electron chi connectivity index (χ0n) is 12.2. The third-order valence-electron chi connectivity index (χ3n) is 2.53. The van der Waals surface area contributed by atoms with Crippen LogP contribution in [0.1, 0.15) is 6.42 Å². The summed E-state index contributed by atoms with van der Waals surface area (Å²) in [5.41, 5.74) is 0.667. The molecule has 7 nitrogen and oxygen atoms in total. The number of amides is 1. The Morgan fingerprint density at radius 1 is 1.29 bits per heavy atom. The van der Waals surface area contributed by atoms with E-state index in [-0.39, 0.29) is 12.5 Å². The Morgan fingerprint density at radius 2 is 2.05 bits per heavy atom. The van der Waals surface area contributed by atoms with Gasteiger partial charge >= 0.3 is 0 Å². The van der Waals surface area contributed by atoms with Gasteiger partial charge in [-0.05, 0) is 25.1 Å². The molecule has 21 heavy (non-hydrogen) atoms. The number of rotatable bonds is 9. The van der Waals surface area contributed by atoms with E-state index in [0.29, 0.717) is 30.9 Å². The zero-order chi connectivity index (χ0) is 15.7. The van der Waals surface area contributed by atoms with Gasteiger partial charge in [-0.15, -0.1) is 0 Å². The van der Waals surface area contributed by atoms with Crippen molar-refractivity contribution in [3.63, 3.8) is 0 Å². The highest BCUT2D eigenvalue weighted by atomic mass is 32.2. The van der Waals surface area contributed by atoms with Gasteiger partial charge in [0.25, 0.3) is 0 Å².